The average molecular weight is 260 g/mol. The van der Waals surface area contributed by atoms with E-state index < -0.39 is 0 Å². The highest BCUT2D eigenvalue weighted by atomic mass is 16.2. The highest BCUT2D eigenvalue weighted by Crippen LogP contribution is 2.27. The molecule has 1 unspecified atom stereocenters. The summed E-state index contributed by atoms with van der Waals surface area (Å²) >= 11 is 0. The summed E-state index contributed by atoms with van der Waals surface area (Å²) in [6, 6.07) is 4.21. The lowest BCUT2D eigenvalue weighted by Gasteiger charge is -2.28. The molecule has 19 heavy (non-hydrogen) atoms. The largest absolute Gasteiger partial charge is 0.398 e. The molecule has 1 amide bonds. The van der Waals surface area contributed by atoms with E-state index in [9.17, 15) is 4.79 Å². The molecule has 1 atom stereocenters. The second-order valence-corrected chi connectivity index (χ2v) is 5.98. The van der Waals surface area contributed by atoms with E-state index in [0.29, 0.717) is 17.6 Å². The van der Waals surface area contributed by atoms with Crippen molar-refractivity contribution < 1.29 is 4.79 Å². The number of nitrogens with two attached hydrogens (primary N) is 1. The molecule has 1 aliphatic rings. The van der Waals surface area contributed by atoms with Crippen molar-refractivity contribution in [3.8, 4) is 0 Å². The Morgan fingerprint density at radius 3 is 2.63 bits per heavy atom. The Labute approximate surface area is 115 Å². The van der Waals surface area contributed by atoms with Crippen molar-refractivity contribution in [3.05, 3.63) is 28.8 Å². The van der Waals surface area contributed by atoms with Crippen LogP contribution in [0, 0.1) is 19.8 Å². The van der Waals surface area contributed by atoms with Crippen molar-refractivity contribution in [1.82, 2.24) is 4.90 Å². The fraction of sp³-hybridized carbons (Fsp3) is 0.562. The summed E-state index contributed by atoms with van der Waals surface area (Å²) in [6.07, 6.45) is 2.22. The molecule has 0 saturated carbocycles. The van der Waals surface area contributed by atoms with Crippen molar-refractivity contribution in [2.24, 2.45) is 5.92 Å². The Morgan fingerprint density at radius 1 is 1.32 bits per heavy atom. The zero-order valence-corrected chi connectivity index (χ0v) is 12.4. The van der Waals surface area contributed by atoms with Crippen molar-refractivity contribution in [1.29, 1.82) is 0 Å². The van der Waals surface area contributed by atoms with Crippen LogP contribution in [0.1, 0.15) is 48.2 Å². The van der Waals surface area contributed by atoms with Gasteiger partial charge in [-0.05, 0) is 49.8 Å². The van der Waals surface area contributed by atoms with Crippen LogP contribution in [-0.2, 0) is 0 Å². The number of hydrogen-bond donors (Lipinski definition) is 1. The van der Waals surface area contributed by atoms with Gasteiger partial charge in [-0.2, -0.15) is 0 Å². The Hall–Kier alpha value is -1.51. The summed E-state index contributed by atoms with van der Waals surface area (Å²) in [5, 5.41) is 0. The zero-order chi connectivity index (χ0) is 14.2. The van der Waals surface area contributed by atoms with Crippen LogP contribution in [0.2, 0.25) is 0 Å². The molecule has 1 saturated heterocycles. The van der Waals surface area contributed by atoms with E-state index in [1.807, 2.05) is 30.9 Å². The normalized spacial score (nSPS) is 19.2. The maximum atomic E-state index is 12.7. The number of carbonyl (C=O) groups is 1. The minimum absolute atomic E-state index is 0.139. The lowest BCUT2D eigenvalue weighted by molar-refractivity contribution is 0.0701. The molecule has 1 fully saturated rings. The van der Waals surface area contributed by atoms with Gasteiger partial charge in [0.15, 0.2) is 0 Å². The van der Waals surface area contributed by atoms with E-state index in [0.717, 1.165) is 36.1 Å². The van der Waals surface area contributed by atoms with Gasteiger partial charge < -0.3 is 10.6 Å². The van der Waals surface area contributed by atoms with Crippen molar-refractivity contribution in [3.63, 3.8) is 0 Å². The van der Waals surface area contributed by atoms with Gasteiger partial charge in [0.25, 0.3) is 5.91 Å². The highest BCUT2D eigenvalue weighted by Gasteiger charge is 2.31. The van der Waals surface area contributed by atoms with Gasteiger partial charge in [0.05, 0.1) is 0 Å². The number of carbonyl (C=O) groups excluding carboxylic acids is 1. The second-order valence-electron chi connectivity index (χ2n) is 5.98. The number of likely N-dealkylation sites (tertiary alicyclic amines) is 1. The number of amides is 1. The van der Waals surface area contributed by atoms with Crippen LogP contribution >= 0.6 is 0 Å². The molecule has 1 aromatic carbocycles. The Morgan fingerprint density at radius 2 is 2.00 bits per heavy atom. The standard InChI is InChI=1S/C16H24N2O/c1-10(2)15-6-5-7-18(15)16(19)13-9-14(17)12(4)8-11(13)3/h8-10,15H,5-7,17H2,1-4H3. The second kappa shape index (κ2) is 5.24. The lowest BCUT2D eigenvalue weighted by atomic mass is 9.99. The quantitative estimate of drug-likeness (QED) is 0.830. The number of hydrogen-bond acceptors (Lipinski definition) is 2. The molecular weight excluding hydrogens is 236 g/mol. The number of aryl methyl sites for hydroxylation is 2. The monoisotopic (exact) mass is 260 g/mol. The first kappa shape index (κ1) is 13.9. The number of nitrogen functional groups attached to an aromatic ring is 1. The molecule has 2 N–H and O–H groups in total. The Bertz CT molecular complexity index is 494. The van der Waals surface area contributed by atoms with Crippen molar-refractivity contribution in [2.75, 3.05) is 12.3 Å². The summed E-state index contributed by atoms with van der Waals surface area (Å²) in [4.78, 5) is 14.7. The first-order valence-corrected chi connectivity index (χ1v) is 7.09. The van der Waals surface area contributed by atoms with Crippen LogP contribution < -0.4 is 5.73 Å². The van der Waals surface area contributed by atoms with E-state index in [-0.39, 0.29) is 5.91 Å². The third-order valence-corrected chi connectivity index (χ3v) is 4.17. The zero-order valence-electron chi connectivity index (χ0n) is 12.4. The minimum Gasteiger partial charge on any atom is -0.398 e. The van der Waals surface area contributed by atoms with E-state index >= 15 is 0 Å². The smallest absolute Gasteiger partial charge is 0.254 e. The van der Waals surface area contributed by atoms with Gasteiger partial charge in [-0.1, -0.05) is 19.9 Å². The molecular formula is C16H24N2O. The van der Waals surface area contributed by atoms with Crippen LogP contribution in [0.15, 0.2) is 12.1 Å². The predicted octanol–water partition coefficient (Wildman–Crippen LogP) is 3.15. The molecule has 1 aromatic rings. The van der Waals surface area contributed by atoms with E-state index in [2.05, 4.69) is 13.8 Å². The van der Waals surface area contributed by atoms with Gasteiger partial charge in [-0.15, -0.1) is 0 Å². The van der Waals surface area contributed by atoms with E-state index in [1.54, 1.807) is 0 Å². The van der Waals surface area contributed by atoms with Gasteiger partial charge >= 0.3 is 0 Å². The SMILES string of the molecule is Cc1cc(C)c(C(=O)N2CCCC2C(C)C)cc1N. The molecule has 104 valence electrons. The van der Waals surface area contributed by atoms with Crippen LogP contribution in [0.3, 0.4) is 0 Å². The predicted molar refractivity (Wildman–Crippen MR) is 79.2 cm³/mol. The van der Waals surface area contributed by atoms with Crippen molar-refractivity contribution in [2.45, 2.75) is 46.6 Å². The summed E-state index contributed by atoms with van der Waals surface area (Å²) < 4.78 is 0. The number of anilines is 1. The first-order chi connectivity index (χ1) is 8.91. The van der Waals surface area contributed by atoms with Gasteiger partial charge in [0.1, 0.15) is 0 Å². The molecule has 2 rings (SSSR count). The topological polar surface area (TPSA) is 46.3 Å². The molecule has 0 bridgehead atoms. The van der Waals surface area contributed by atoms with Gasteiger partial charge in [0.2, 0.25) is 0 Å². The van der Waals surface area contributed by atoms with Crippen LogP contribution in [0.25, 0.3) is 0 Å². The highest BCUT2D eigenvalue weighted by molar-refractivity contribution is 5.97. The molecule has 0 aliphatic carbocycles. The fourth-order valence-electron chi connectivity index (χ4n) is 2.99. The van der Waals surface area contributed by atoms with Crippen LogP contribution in [-0.4, -0.2) is 23.4 Å². The third kappa shape index (κ3) is 2.60. The average Bonchev–Trinajstić information content (AvgIpc) is 2.82. The number of rotatable bonds is 2. The summed E-state index contributed by atoms with van der Waals surface area (Å²) in [7, 11) is 0. The summed E-state index contributed by atoms with van der Waals surface area (Å²) in [5.74, 6) is 0.648. The van der Waals surface area contributed by atoms with Crippen LogP contribution in [0.5, 0.6) is 0 Å². The summed E-state index contributed by atoms with van der Waals surface area (Å²) in [5.41, 5.74) is 9.47. The molecule has 0 spiro atoms. The maximum Gasteiger partial charge on any atom is 0.254 e. The third-order valence-electron chi connectivity index (χ3n) is 4.17. The van der Waals surface area contributed by atoms with Gasteiger partial charge in [-0.25, -0.2) is 0 Å². The maximum absolute atomic E-state index is 12.7. The number of benzene rings is 1. The molecule has 3 heteroatoms. The molecule has 0 aromatic heterocycles. The molecule has 1 aliphatic heterocycles. The summed E-state index contributed by atoms with van der Waals surface area (Å²) in [6.45, 7) is 9.21. The minimum atomic E-state index is 0.139. The van der Waals surface area contributed by atoms with Gasteiger partial charge in [0, 0.05) is 23.8 Å². The molecule has 1 heterocycles. The van der Waals surface area contributed by atoms with Crippen LogP contribution in [0.4, 0.5) is 5.69 Å². The molecule has 3 nitrogen and oxygen atoms in total. The first-order valence-electron chi connectivity index (χ1n) is 7.09. The van der Waals surface area contributed by atoms with E-state index in [1.165, 1.54) is 0 Å². The number of nitrogens with zero attached hydrogens (tertiary/aromatic N) is 1. The van der Waals surface area contributed by atoms with Gasteiger partial charge in [-0.3, -0.25) is 4.79 Å². The Balaban J connectivity index is 2.32. The molecule has 0 radical (unpaired) electrons. The Kier molecular flexibility index (Phi) is 3.83. The van der Waals surface area contributed by atoms with E-state index in [4.69, 9.17) is 5.73 Å². The lowest BCUT2D eigenvalue weighted by Crippen LogP contribution is -2.38. The fourth-order valence-corrected chi connectivity index (χ4v) is 2.99. The van der Waals surface area contributed by atoms with Crippen molar-refractivity contribution >= 4 is 11.6 Å².